The number of sulfonamides is 1. The highest BCUT2D eigenvalue weighted by molar-refractivity contribution is 7.90. The second kappa shape index (κ2) is 27.0. The maximum Gasteiger partial charge on any atom is 0.407 e. The maximum absolute atomic E-state index is 14.1. The highest BCUT2D eigenvalue weighted by Gasteiger charge is 2.39. The van der Waals surface area contributed by atoms with Gasteiger partial charge in [-0.25, -0.2) is 27.6 Å². The SMILES string of the molecule is Cc1ccc(S(=O)(=O)NC(N)=NCCC[C@H](NC(=O)[C@H](C)NCl)C(=O)N2CCC[C@H]2C(=O)N[C@@H](C)C(=O)N[C@@H](CCCCNC(=O)OCc2ccccc2Cl)C(=O)OCc2ccccc2)cc1. The number of hydrogen-bond donors (Lipinski definition) is 7. The molecule has 364 valence electrons. The number of benzene rings is 3. The molecule has 5 amide bonds. The molecule has 19 nitrogen and oxygen atoms in total. The van der Waals surface area contributed by atoms with E-state index in [1.54, 1.807) is 60.7 Å². The Morgan fingerprint density at radius 1 is 0.821 bits per heavy atom. The summed E-state index contributed by atoms with van der Waals surface area (Å²) in [6, 6.07) is 16.9. The van der Waals surface area contributed by atoms with Gasteiger partial charge < -0.3 is 41.4 Å². The number of nitrogens with one attached hydrogen (secondary N) is 6. The normalized spacial score (nSPS) is 15.6. The van der Waals surface area contributed by atoms with Crippen molar-refractivity contribution in [3.8, 4) is 0 Å². The molecule has 8 N–H and O–H groups in total. The molecular weight excluding hydrogens is 930 g/mol. The van der Waals surface area contributed by atoms with Gasteiger partial charge in [-0.3, -0.25) is 24.2 Å². The summed E-state index contributed by atoms with van der Waals surface area (Å²) in [7, 11) is -4.00. The Balaban J connectivity index is 1.34. The predicted octanol–water partition coefficient (Wildman–Crippen LogP) is 3.46. The molecule has 3 aromatic rings. The average Bonchev–Trinajstić information content (AvgIpc) is 3.81. The van der Waals surface area contributed by atoms with Gasteiger partial charge in [-0.1, -0.05) is 77.8 Å². The topological polar surface area (TPSA) is 269 Å². The fourth-order valence-electron chi connectivity index (χ4n) is 6.77. The number of carbonyl (C=O) groups excluding carboxylic acids is 6. The summed E-state index contributed by atoms with van der Waals surface area (Å²) in [6.45, 7) is 5.09. The van der Waals surface area contributed by atoms with E-state index < -0.39 is 75.9 Å². The van der Waals surface area contributed by atoms with Gasteiger partial charge in [0.05, 0.1) is 10.9 Å². The number of aliphatic imine (C=N–C) groups is 1. The lowest BCUT2D eigenvalue weighted by atomic mass is 10.1. The number of rotatable bonds is 24. The van der Waals surface area contributed by atoms with E-state index in [0.29, 0.717) is 29.8 Å². The van der Waals surface area contributed by atoms with Gasteiger partial charge >= 0.3 is 12.1 Å². The Morgan fingerprint density at radius 2 is 1.48 bits per heavy atom. The Bertz CT molecular complexity index is 2290. The third-order valence-corrected chi connectivity index (χ3v) is 12.7. The van der Waals surface area contributed by atoms with Crippen molar-refractivity contribution < 1.29 is 46.7 Å². The largest absolute Gasteiger partial charge is 0.459 e. The quantitative estimate of drug-likeness (QED) is 0.0224. The summed E-state index contributed by atoms with van der Waals surface area (Å²) in [5.41, 5.74) is 8.14. The molecule has 1 saturated heterocycles. The van der Waals surface area contributed by atoms with Gasteiger partial charge in [0.2, 0.25) is 29.6 Å². The highest BCUT2D eigenvalue weighted by Crippen LogP contribution is 2.21. The standard InChI is InChI=1S/C45H59Cl2N9O10S/c1-29-20-22-34(23-21-29)67(63,64)55-44(48)49-25-11-18-36(52-40(58)31(3)54-47)42(60)56-26-12-19-38(56)41(59)51-30(2)39(57)53-37(43(61)65-27-32-13-5-4-6-14-32)17-9-10-24-50-45(62)66-28-33-15-7-8-16-35(33)46/h4-8,13-16,20-23,30-31,36-38,54H,9-12,17-19,24-28H2,1-3H3,(H,50,62)(H,51,59)(H,52,58)(H,53,57)(H3,48,49,55)/t30-,31-,36-,37-,38-/m0/s1. The molecule has 1 fully saturated rings. The van der Waals surface area contributed by atoms with Crippen molar-refractivity contribution in [1.29, 1.82) is 0 Å². The summed E-state index contributed by atoms with van der Waals surface area (Å²) >= 11 is 11.8. The number of ether oxygens (including phenoxy) is 2. The zero-order valence-electron chi connectivity index (χ0n) is 37.6. The van der Waals surface area contributed by atoms with E-state index in [1.165, 1.54) is 30.9 Å². The van der Waals surface area contributed by atoms with Crippen LogP contribution in [0.15, 0.2) is 88.8 Å². The van der Waals surface area contributed by atoms with E-state index >= 15 is 0 Å². The van der Waals surface area contributed by atoms with Crippen LogP contribution in [0.25, 0.3) is 0 Å². The van der Waals surface area contributed by atoms with E-state index in [0.717, 1.165) is 11.1 Å². The molecule has 1 aliphatic rings. The monoisotopic (exact) mass is 987 g/mol. The van der Waals surface area contributed by atoms with Crippen LogP contribution < -0.4 is 36.6 Å². The van der Waals surface area contributed by atoms with Gasteiger partial charge in [-0.2, -0.15) is 0 Å². The third kappa shape index (κ3) is 17.7. The van der Waals surface area contributed by atoms with E-state index in [1.807, 2.05) is 13.0 Å². The lowest BCUT2D eigenvalue weighted by molar-refractivity contribution is -0.149. The number of halogens is 2. The summed E-state index contributed by atoms with van der Waals surface area (Å²) in [6.07, 6.45) is 1.25. The number of alkyl carbamates (subject to hydrolysis) is 1. The molecule has 5 atom stereocenters. The molecule has 0 unspecified atom stereocenters. The summed E-state index contributed by atoms with van der Waals surface area (Å²) in [4.78, 5) is 87.6. The maximum atomic E-state index is 14.1. The molecule has 0 bridgehead atoms. The second-order valence-electron chi connectivity index (χ2n) is 15.9. The number of carbonyl (C=O) groups is 6. The average molecular weight is 989 g/mol. The van der Waals surface area contributed by atoms with Crippen molar-refractivity contribution >= 4 is 75.1 Å². The number of hydrogen-bond acceptors (Lipinski definition) is 12. The molecule has 22 heteroatoms. The minimum Gasteiger partial charge on any atom is -0.459 e. The van der Waals surface area contributed by atoms with Crippen LogP contribution in [-0.2, 0) is 56.7 Å². The van der Waals surface area contributed by atoms with Gasteiger partial charge in [0.25, 0.3) is 10.0 Å². The Hall–Kier alpha value is -5.96. The summed E-state index contributed by atoms with van der Waals surface area (Å²) in [5, 5.41) is 11.1. The molecule has 0 saturated carbocycles. The van der Waals surface area contributed by atoms with Crippen LogP contribution in [0.5, 0.6) is 0 Å². The first kappa shape index (κ1) is 53.7. The fourth-order valence-corrected chi connectivity index (χ4v) is 8.01. The van der Waals surface area contributed by atoms with Gasteiger partial charge in [-0.15, -0.1) is 0 Å². The first-order valence-electron chi connectivity index (χ1n) is 21.8. The summed E-state index contributed by atoms with van der Waals surface area (Å²) in [5.74, 6) is -3.52. The highest BCUT2D eigenvalue weighted by atomic mass is 35.5. The predicted molar refractivity (Wildman–Crippen MR) is 252 cm³/mol. The number of guanidine groups is 1. The first-order chi connectivity index (χ1) is 32.0. The number of nitrogens with two attached hydrogens (primary N) is 1. The van der Waals surface area contributed by atoms with Crippen LogP contribution in [0.2, 0.25) is 5.02 Å². The Morgan fingerprint density at radius 3 is 2.18 bits per heavy atom. The number of amides is 5. The van der Waals surface area contributed by atoms with Crippen molar-refractivity contribution in [2.45, 2.75) is 114 Å². The number of likely N-dealkylation sites (tertiary alicyclic amines) is 1. The number of aryl methyl sites for hydroxylation is 1. The molecular formula is C45H59Cl2N9O10S. The van der Waals surface area contributed by atoms with Gasteiger partial charge in [0.1, 0.15) is 37.4 Å². The first-order valence-corrected chi connectivity index (χ1v) is 24.0. The number of nitrogens with zero attached hydrogens (tertiary/aromatic N) is 2. The third-order valence-electron chi connectivity index (χ3n) is 10.6. The smallest absolute Gasteiger partial charge is 0.407 e. The molecule has 4 rings (SSSR count). The van der Waals surface area contributed by atoms with Crippen molar-refractivity contribution in [1.82, 2.24) is 35.7 Å². The van der Waals surface area contributed by atoms with Crippen LogP contribution in [0.4, 0.5) is 4.79 Å². The minimum atomic E-state index is -4.00. The summed E-state index contributed by atoms with van der Waals surface area (Å²) < 4.78 is 38.5. The van der Waals surface area contributed by atoms with Crippen LogP contribution in [-0.4, -0.2) is 105 Å². The van der Waals surface area contributed by atoms with E-state index in [4.69, 9.17) is 38.6 Å². The van der Waals surface area contributed by atoms with Crippen molar-refractivity contribution in [2.75, 3.05) is 19.6 Å². The zero-order chi connectivity index (χ0) is 48.9. The van der Waals surface area contributed by atoms with E-state index in [2.05, 4.69) is 35.8 Å². The van der Waals surface area contributed by atoms with Crippen LogP contribution in [0.1, 0.15) is 75.5 Å². The molecule has 0 radical (unpaired) electrons. The molecule has 0 aliphatic carbocycles. The molecule has 67 heavy (non-hydrogen) atoms. The molecule has 3 aromatic carbocycles. The Labute approximate surface area is 400 Å². The van der Waals surface area contributed by atoms with Crippen LogP contribution in [0, 0.1) is 6.92 Å². The van der Waals surface area contributed by atoms with E-state index in [9.17, 15) is 37.2 Å². The molecule has 0 spiro atoms. The van der Waals surface area contributed by atoms with Crippen molar-refractivity contribution in [2.24, 2.45) is 10.7 Å². The van der Waals surface area contributed by atoms with Crippen molar-refractivity contribution in [3.63, 3.8) is 0 Å². The van der Waals surface area contributed by atoms with Gasteiger partial charge in [-0.05, 0) is 101 Å². The lowest BCUT2D eigenvalue weighted by Gasteiger charge is -2.30. The van der Waals surface area contributed by atoms with Crippen LogP contribution in [0.3, 0.4) is 0 Å². The number of esters is 1. The van der Waals surface area contributed by atoms with Crippen LogP contribution >= 0.6 is 23.4 Å². The van der Waals surface area contributed by atoms with Crippen molar-refractivity contribution in [3.05, 3.63) is 101 Å². The van der Waals surface area contributed by atoms with Gasteiger partial charge in [0.15, 0.2) is 0 Å². The zero-order valence-corrected chi connectivity index (χ0v) is 39.9. The second-order valence-corrected chi connectivity index (χ2v) is 18.2. The van der Waals surface area contributed by atoms with E-state index in [-0.39, 0.29) is 69.4 Å². The fraction of sp³-hybridized carbons (Fsp3) is 0.444. The Kier molecular flexibility index (Phi) is 21.6. The minimum absolute atomic E-state index is 0.00119. The molecule has 1 heterocycles. The molecule has 0 aromatic heterocycles. The molecule has 1 aliphatic heterocycles. The van der Waals surface area contributed by atoms with Gasteiger partial charge in [0, 0.05) is 30.2 Å². The lowest BCUT2D eigenvalue weighted by Crippen LogP contribution is -2.57. The number of unbranched alkanes of at least 4 members (excludes halogenated alkanes) is 1.